The van der Waals surface area contributed by atoms with Crippen LogP contribution >= 0.6 is 0 Å². The molecule has 0 amide bonds. The van der Waals surface area contributed by atoms with E-state index < -0.39 is 11.4 Å². The second-order valence-electron chi connectivity index (χ2n) is 5.27. The molecule has 0 bridgehead atoms. The minimum Gasteiger partial charge on any atom is -0.481 e. The molecule has 0 radical (unpaired) electrons. The lowest BCUT2D eigenvalue weighted by molar-refractivity contribution is -0.146. The zero-order valence-electron chi connectivity index (χ0n) is 11.1. The maximum Gasteiger partial charge on any atom is 0.309 e. The topological polar surface area (TPSA) is 78.9 Å². The predicted octanol–water partition coefficient (Wildman–Crippen LogP) is 2.10. The van der Waals surface area contributed by atoms with Crippen LogP contribution in [0.3, 0.4) is 0 Å². The lowest BCUT2D eigenvalue weighted by Gasteiger charge is -2.18. The minimum atomic E-state index is -0.868. The Labute approximate surface area is 111 Å². The minimum absolute atomic E-state index is 0.343. The number of aromatic nitrogens is 2. The highest BCUT2D eigenvalue weighted by atomic mass is 16.4. The van der Waals surface area contributed by atoms with Gasteiger partial charge < -0.3 is 9.67 Å². The molecule has 1 aromatic heterocycles. The highest BCUT2D eigenvalue weighted by molar-refractivity contribution is 5.78. The van der Waals surface area contributed by atoms with Crippen LogP contribution in [-0.4, -0.2) is 20.6 Å². The summed E-state index contributed by atoms with van der Waals surface area (Å²) in [5.74, 6) is -0.144. The van der Waals surface area contributed by atoms with Crippen LogP contribution in [0.4, 0.5) is 0 Å². The molecule has 19 heavy (non-hydrogen) atoms. The van der Waals surface area contributed by atoms with Crippen molar-refractivity contribution in [2.45, 2.75) is 20.3 Å². The van der Waals surface area contributed by atoms with Crippen LogP contribution in [-0.2, 0) is 18.3 Å². The van der Waals surface area contributed by atoms with Gasteiger partial charge in [-0.05, 0) is 32.0 Å². The third kappa shape index (κ3) is 2.29. The number of rotatable bonds is 3. The number of nitrogens with zero attached hydrogens (tertiary/aromatic N) is 3. The number of nitriles is 1. The van der Waals surface area contributed by atoms with Gasteiger partial charge in [-0.1, -0.05) is 0 Å². The van der Waals surface area contributed by atoms with Crippen LogP contribution < -0.4 is 0 Å². The van der Waals surface area contributed by atoms with Gasteiger partial charge in [-0.25, -0.2) is 4.98 Å². The Balaban J connectivity index is 2.49. The first-order chi connectivity index (χ1) is 8.85. The molecule has 5 nitrogen and oxygen atoms in total. The van der Waals surface area contributed by atoms with Gasteiger partial charge in [0.1, 0.15) is 5.82 Å². The molecule has 0 saturated heterocycles. The zero-order valence-corrected chi connectivity index (χ0v) is 11.1. The quantitative estimate of drug-likeness (QED) is 0.913. The van der Waals surface area contributed by atoms with Crippen LogP contribution in [0, 0.1) is 16.7 Å². The van der Waals surface area contributed by atoms with Gasteiger partial charge in [0.25, 0.3) is 0 Å². The number of aliphatic carboxylic acids is 1. The van der Waals surface area contributed by atoms with Crippen LogP contribution in [0.25, 0.3) is 11.0 Å². The molecule has 0 saturated carbocycles. The lowest BCUT2D eigenvalue weighted by Crippen LogP contribution is -2.27. The van der Waals surface area contributed by atoms with E-state index in [0.29, 0.717) is 17.8 Å². The number of imidazole rings is 1. The monoisotopic (exact) mass is 257 g/mol. The number of hydrogen-bond acceptors (Lipinski definition) is 3. The molecule has 0 aliphatic rings. The van der Waals surface area contributed by atoms with E-state index in [2.05, 4.69) is 11.1 Å². The Morgan fingerprint density at radius 2 is 2.21 bits per heavy atom. The number of aryl methyl sites for hydroxylation is 1. The first-order valence-electron chi connectivity index (χ1n) is 5.94. The number of hydrogen-bond donors (Lipinski definition) is 1. The molecule has 0 spiro atoms. The van der Waals surface area contributed by atoms with Crippen molar-refractivity contribution in [1.82, 2.24) is 9.55 Å². The molecule has 0 unspecified atom stereocenters. The molecule has 0 aliphatic heterocycles. The predicted molar refractivity (Wildman–Crippen MR) is 70.5 cm³/mol. The molecule has 5 heteroatoms. The fourth-order valence-electron chi connectivity index (χ4n) is 1.94. The van der Waals surface area contributed by atoms with E-state index >= 15 is 0 Å². The average molecular weight is 257 g/mol. The number of carboxylic acid groups (broad SMARTS) is 1. The first-order valence-corrected chi connectivity index (χ1v) is 5.94. The van der Waals surface area contributed by atoms with Gasteiger partial charge in [-0.15, -0.1) is 0 Å². The molecule has 2 rings (SSSR count). The van der Waals surface area contributed by atoms with Crippen LogP contribution in [0.2, 0.25) is 0 Å². The molecule has 1 N–H and O–H groups in total. The third-order valence-corrected chi connectivity index (χ3v) is 3.28. The Morgan fingerprint density at radius 1 is 1.53 bits per heavy atom. The maximum atomic E-state index is 11.2. The van der Waals surface area contributed by atoms with Gasteiger partial charge in [-0.2, -0.15) is 5.26 Å². The summed E-state index contributed by atoms with van der Waals surface area (Å²) in [5, 5.41) is 18.1. The molecule has 2 aromatic rings. The van der Waals surface area contributed by atoms with Gasteiger partial charge >= 0.3 is 5.97 Å². The van der Waals surface area contributed by atoms with Crippen LogP contribution in [0.5, 0.6) is 0 Å². The summed E-state index contributed by atoms with van der Waals surface area (Å²) in [7, 11) is 1.84. The normalized spacial score (nSPS) is 11.5. The zero-order chi connectivity index (χ0) is 14.2. The van der Waals surface area contributed by atoms with Crippen molar-refractivity contribution >= 4 is 17.0 Å². The molecule has 1 heterocycles. The largest absolute Gasteiger partial charge is 0.481 e. The van der Waals surface area contributed by atoms with Crippen LogP contribution in [0.1, 0.15) is 25.2 Å². The summed E-state index contributed by atoms with van der Waals surface area (Å²) in [6.45, 7) is 3.35. The van der Waals surface area contributed by atoms with Crippen molar-refractivity contribution in [1.29, 1.82) is 5.26 Å². The summed E-state index contributed by atoms with van der Waals surface area (Å²) >= 11 is 0. The van der Waals surface area contributed by atoms with E-state index in [0.717, 1.165) is 11.0 Å². The molecular formula is C14H15N3O2. The Morgan fingerprint density at radius 3 is 2.79 bits per heavy atom. The van der Waals surface area contributed by atoms with Gasteiger partial charge in [0.05, 0.1) is 28.1 Å². The number of carboxylic acids is 1. The van der Waals surface area contributed by atoms with E-state index in [4.69, 9.17) is 5.26 Å². The Bertz CT molecular complexity index is 693. The molecule has 0 fully saturated rings. The third-order valence-electron chi connectivity index (χ3n) is 3.28. The second kappa shape index (κ2) is 4.39. The molecule has 1 aromatic carbocycles. The second-order valence-corrected chi connectivity index (χ2v) is 5.27. The first kappa shape index (κ1) is 13.1. The molecule has 0 atom stereocenters. The van der Waals surface area contributed by atoms with E-state index in [1.54, 1.807) is 32.0 Å². The van der Waals surface area contributed by atoms with Crippen molar-refractivity contribution in [2.24, 2.45) is 12.5 Å². The fraction of sp³-hybridized carbons (Fsp3) is 0.357. The summed E-state index contributed by atoms with van der Waals surface area (Å²) in [5.41, 5.74) is 1.32. The number of benzene rings is 1. The van der Waals surface area contributed by atoms with Crippen molar-refractivity contribution in [2.75, 3.05) is 0 Å². The summed E-state index contributed by atoms with van der Waals surface area (Å²) < 4.78 is 1.85. The Hall–Kier alpha value is -2.35. The van der Waals surface area contributed by atoms with E-state index in [-0.39, 0.29) is 0 Å². The summed E-state index contributed by atoms with van der Waals surface area (Å²) in [4.78, 5) is 15.6. The Kier molecular flexibility index (Phi) is 3.03. The van der Waals surface area contributed by atoms with Crippen molar-refractivity contribution in [3.63, 3.8) is 0 Å². The van der Waals surface area contributed by atoms with Gasteiger partial charge in [0.2, 0.25) is 0 Å². The fourth-order valence-corrected chi connectivity index (χ4v) is 1.94. The SMILES string of the molecule is Cn1c(CC(C)(C)C(=O)O)nc2ccc(C#N)cc21. The smallest absolute Gasteiger partial charge is 0.309 e. The van der Waals surface area contributed by atoms with Crippen molar-refractivity contribution in [3.8, 4) is 6.07 Å². The highest BCUT2D eigenvalue weighted by Gasteiger charge is 2.29. The lowest BCUT2D eigenvalue weighted by atomic mass is 9.89. The average Bonchev–Trinajstić information content (AvgIpc) is 2.65. The molecule has 98 valence electrons. The van der Waals surface area contributed by atoms with Crippen LogP contribution in [0.15, 0.2) is 18.2 Å². The summed E-state index contributed by atoms with van der Waals surface area (Å²) in [6.07, 6.45) is 0.343. The van der Waals surface area contributed by atoms with E-state index in [1.807, 2.05) is 11.6 Å². The van der Waals surface area contributed by atoms with Crippen molar-refractivity contribution in [3.05, 3.63) is 29.6 Å². The number of fused-ring (bicyclic) bond motifs is 1. The standard InChI is InChI=1S/C14H15N3O2/c1-14(2,13(18)19)7-12-16-10-5-4-9(8-15)6-11(10)17(12)3/h4-6H,7H2,1-3H3,(H,18,19). The number of carbonyl (C=O) groups is 1. The summed E-state index contributed by atoms with van der Waals surface area (Å²) in [6, 6.07) is 7.34. The van der Waals surface area contributed by atoms with E-state index in [9.17, 15) is 9.90 Å². The van der Waals surface area contributed by atoms with E-state index in [1.165, 1.54) is 0 Å². The molecular weight excluding hydrogens is 242 g/mol. The van der Waals surface area contributed by atoms with Gasteiger partial charge in [0, 0.05) is 13.5 Å². The maximum absolute atomic E-state index is 11.2. The van der Waals surface area contributed by atoms with Gasteiger partial charge in [-0.3, -0.25) is 4.79 Å². The highest BCUT2D eigenvalue weighted by Crippen LogP contribution is 2.24. The van der Waals surface area contributed by atoms with Crippen molar-refractivity contribution < 1.29 is 9.90 Å². The van der Waals surface area contributed by atoms with Gasteiger partial charge in [0.15, 0.2) is 0 Å². The molecule has 0 aliphatic carbocycles.